The summed E-state index contributed by atoms with van der Waals surface area (Å²) in [6.45, 7) is 6.71. The molecule has 0 spiro atoms. The van der Waals surface area contributed by atoms with Gasteiger partial charge in [-0.15, -0.1) is 0 Å². The minimum Gasteiger partial charge on any atom is -0.462 e. The lowest BCUT2D eigenvalue weighted by molar-refractivity contribution is 0.0497. The van der Waals surface area contributed by atoms with Crippen LogP contribution in [0.4, 0.5) is 0 Å². The molecule has 1 rings (SSSR count). The van der Waals surface area contributed by atoms with Gasteiger partial charge in [0.05, 0.1) is 17.7 Å². The lowest BCUT2D eigenvalue weighted by atomic mass is 10.1. The lowest BCUT2D eigenvalue weighted by Crippen LogP contribution is -2.10. The summed E-state index contributed by atoms with van der Waals surface area (Å²) in [5.41, 5.74) is 1.82. The molecule has 0 aliphatic carbocycles. The smallest absolute Gasteiger partial charge is 0.338 e. The Morgan fingerprint density at radius 1 is 0.920 bits per heavy atom. The van der Waals surface area contributed by atoms with Crippen molar-refractivity contribution in [2.45, 2.75) is 59.3 Å². The Morgan fingerprint density at radius 2 is 1.52 bits per heavy atom. The molecule has 4 heteroatoms. The van der Waals surface area contributed by atoms with Crippen molar-refractivity contribution < 1.29 is 19.1 Å². The molecule has 0 N–H and O–H groups in total. The Kier molecular flexibility index (Phi) is 10.3. The average molecular weight is 346 g/mol. The Bertz CT molecular complexity index is 571. The van der Waals surface area contributed by atoms with Gasteiger partial charge in [0, 0.05) is 0 Å². The molecule has 4 nitrogen and oxygen atoms in total. The number of allylic oxidation sites excluding steroid dienone is 1. The number of benzene rings is 1. The maximum absolute atomic E-state index is 12.1. The summed E-state index contributed by atoms with van der Waals surface area (Å²) < 4.78 is 10.4. The second-order valence-corrected chi connectivity index (χ2v) is 6.36. The Hall–Kier alpha value is -2.10. The molecule has 0 bridgehead atoms. The Balaban J connectivity index is 2.41. The van der Waals surface area contributed by atoms with Crippen LogP contribution in [0.15, 0.2) is 35.9 Å². The number of esters is 2. The van der Waals surface area contributed by atoms with E-state index in [0.29, 0.717) is 17.7 Å². The molecule has 0 saturated heterocycles. The van der Waals surface area contributed by atoms with E-state index in [1.54, 1.807) is 18.2 Å². The van der Waals surface area contributed by atoms with E-state index in [1.807, 2.05) is 19.9 Å². The van der Waals surface area contributed by atoms with Crippen molar-refractivity contribution in [3.05, 3.63) is 47.0 Å². The lowest BCUT2D eigenvalue weighted by Gasteiger charge is -2.07. The van der Waals surface area contributed by atoms with Crippen LogP contribution in [0.2, 0.25) is 0 Å². The molecule has 25 heavy (non-hydrogen) atoms. The van der Waals surface area contributed by atoms with Crippen LogP contribution in [-0.4, -0.2) is 25.2 Å². The summed E-state index contributed by atoms with van der Waals surface area (Å²) in [6.07, 6.45) is 8.68. The normalized spacial score (nSPS) is 10.2. The summed E-state index contributed by atoms with van der Waals surface area (Å²) in [5, 5.41) is 0. The van der Waals surface area contributed by atoms with Gasteiger partial charge < -0.3 is 9.47 Å². The predicted molar refractivity (Wildman–Crippen MR) is 99.8 cm³/mol. The third kappa shape index (κ3) is 9.08. The van der Waals surface area contributed by atoms with Crippen LogP contribution < -0.4 is 0 Å². The molecule has 0 heterocycles. The van der Waals surface area contributed by atoms with Gasteiger partial charge in [-0.3, -0.25) is 0 Å². The van der Waals surface area contributed by atoms with Crippen molar-refractivity contribution in [1.29, 1.82) is 0 Å². The highest BCUT2D eigenvalue weighted by atomic mass is 16.5. The fraction of sp³-hybridized carbons (Fsp3) is 0.524. The van der Waals surface area contributed by atoms with E-state index in [9.17, 15) is 9.59 Å². The highest BCUT2D eigenvalue weighted by molar-refractivity contribution is 5.95. The van der Waals surface area contributed by atoms with Crippen LogP contribution in [0.3, 0.4) is 0 Å². The first-order valence-electron chi connectivity index (χ1n) is 9.12. The molecule has 1 aromatic carbocycles. The first kappa shape index (κ1) is 20.9. The first-order chi connectivity index (χ1) is 12.0. The SMILES string of the molecule is CCCCCCCCOC(=O)c1cccc(C(=O)OCC=C(C)C)c1. The van der Waals surface area contributed by atoms with Crippen molar-refractivity contribution in [2.24, 2.45) is 0 Å². The maximum Gasteiger partial charge on any atom is 0.338 e. The standard InChI is InChI=1S/C21H30O4/c1-4-5-6-7-8-9-14-24-20(22)18-11-10-12-19(16-18)21(23)25-15-13-17(2)3/h10-13,16H,4-9,14-15H2,1-3H3. The Morgan fingerprint density at radius 3 is 2.16 bits per heavy atom. The van der Waals surface area contributed by atoms with Crippen LogP contribution in [0.5, 0.6) is 0 Å². The Labute approximate surface area is 151 Å². The minimum atomic E-state index is -0.442. The van der Waals surface area contributed by atoms with E-state index in [0.717, 1.165) is 18.4 Å². The molecular weight excluding hydrogens is 316 g/mol. The second kappa shape index (κ2) is 12.3. The summed E-state index contributed by atoms with van der Waals surface area (Å²) in [4.78, 5) is 24.1. The molecule has 0 unspecified atom stereocenters. The van der Waals surface area contributed by atoms with Crippen molar-refractivity contribution in [3.8, 4) is 0 Å². The van der Waals surface area contributed by atoms with E-state index in [-0.39, 0.29) is 6.61 Å². The highest BCUT2D eigenvalue weighted by Crippen LogP contribution is 2.10. The fourth-order valence-electron chi connectivity index (χ4n) is 2.27. The van der Waals surface area contributed by atoms with Crippen LogP contribution in [0.1, 0.15) is 80.0 Å². The van der Waals surface area contributed by atoms with Crippen molar-refractivity contribution in [2.75, 3.05) is 13.2 Å². The fourth-order valence-corrected chi connectivity index (χ4v) is 2.27. The van der Waals surface area contributed by atoms with Crippen molar-refractivity contribution in [3.63, 3.8) is 0 Å². The van der Waals surface area contributed by atoms with E-state index in [1.165, 1.54) is 31.7 Å². The van der Waals surface area contributed by atoms with Crippen molar-refractivity contribution in [1.82, 2.24) is 0 Å². The molecule has 0 aliphatic rings. The zero-order chi connectivity index (χ0) is 18.5. The second-order valence-electron chi connectivity index (χ2n) is 6.36. The largest absolute Gasteiger partial charge is 0.462 e. The number of carbonyl (C=O) groups is 2. The summed E-state index contributed by atoms with van der Waals surface area (Å²) in [7, 11) is 0. The molecule has 0 radical (unpaired) electrons. The topological polar surface area (TPSA) is 52.6 Å². The van der Waals surface area contributed by atoms with Gasteiger partial charge in [-0.05, 0) is 44.5 Å². The number of ether oxygens (including phenoxy) is 2. The molecule has 0 atom stereocenters. The van der Waals surface area contributed by atoms with Gasteiger partial charge in [-0.2, -0.15) is 0 Å². The number of rotatable bonds is 11. The van der Waals surface area contributed by atoms with E-state index < -0.39 is 11.9 Å². The quantitative estimate of drug-likeness (QED) is 0.309. The number of carbonyl (C=O) groups excluding carboxylic acids is 2. The zero-order valence-corrected chi connectivity index (χ0v) is 15.7. The zero-order valence-electron chi connectivity index (χ0n) is 15.7. The van der Waals surface area contributed by atoms with E-state index in [2.05, 4.69) is 6.92 Å². The number of hydrogen-bond acceptors (Lipinski definition) is 4. The van der Waals surface area contributed by atoms with Crippen LogP contribution >= 0.6 is 0 Å². The molecule has 0 aromatic heterocycles. The van der Waals surface area contributed by atoms with Gasteiger partial charge in [0.2, 0.25) is 0 Å². The van der Waals surface area contributed by atoms with E-state index >= 15 is 0 Å². The van der Waals surface area contributed by atoms with Crippen LogP contribution in [-0.2, 0) is 9.47 Å². The highest BCUT2D eigenvalue weighted by Gasteiger charge is 2.12. The predicted octanol–water partition coefficient (Wildman–Crippen LogP) is 5.33. The molecule has 0 saturated carbocycles. The average Bonchev–Trinajstić information content (AvgIpc) is 2.60. The molecule has 138 valence electrons. The third-order valence-electron chi connectivity index (χ3n) is 3.77. The molecule has 1 aromatic rings. The van der Waals surface area contributed by atoms with Gasteiger partial charge in [-0.25, -0.2) is 9.59 Å². The third-order valence-corrected chi connectivity index (χ3v) is 3.77. The summed E-state index contributed by atoms with van der Waals surface area (Å²) in [6, 6.07) is 6.47. The van der Waals surface area contributed by atoms with Gasteiger partial charge in [0.15, 0.2) is 0 Å². The number of unbranched alkanes of at least 4 members (excludes halogenated alkanes) is 5. The summed E-state index contributed by atoms with van der Waals surface area (Å²) in [5.74, 6) is -0.837. The van der Waals surface area contributed by atoms with Gasteiger partial charge in [-0.1, -0.05) is 50.7 Å². The minimum absolute atomic E-state index is 0.230. The van der Waals surface area contributed by atoms with Gasteiger partial charge in [0.25, 0.3) is 0 Å². The monoisotopic (exact) mass is 346 g/mol. The van der Waals surface area contributed by atoms with Gasteiger partial charge in [0.1, 0.15) is 6.61 Å². The number of hydrogen-bond donors (Lipinski definition) is 0. The van der Waals surface area contributed by atoms with Gasteiger partial charge >= 0.3 is 11.9 Å². The molecule has 0 amide bonds. The molecule has 0 fully saturated rings. The van der Waals surface area contributed by atoms with Crippen molar-refractivity contribution >= 4 is 11.9 Å². The van der Waals surface area contributed by atoms with Crippen LogP contribution in [0, 0.1) is 0 Å². The molecule has 0 aliphatic heterocycles. The van der Waals surface area contributed by atoms with E-state index in [4.69, 9.17) is 9.47 Å². The first-order valence-corrected chi connectivity index (χ1v) is 9.12. The maximum atomic E-state index is 12.1. The molecular formula is C21H30O4. The summed E-state index contributed by atoms with van der Waals surface area (Å²) >= 11 is 0. The van der Waals surface area contributed by atoms with Crippen LogP contribution in [0.25, 0.3) is 0 Å².